The quantitative estimate of drug-likeness (QED) is 0.417. The van der Waals surface area contributed by atoms with Crippen molar-refractivity contribution in [1.29, 1.82) is 0 Å². The normalized spacial score (nSPS) is 15.4. The van der Waals surface area contributed by atoms with Crippen LogP contribution in [0.3, 0.4) is 0 Å². The Bertz CT molecular complexity index is 292. The molecule has 0 radical (unpaired) electrons. The minimum absolute atomic E-state index is 0.0874. The van der Waals surface area contributed by atoms with Gasteiger partial charge in [-0.3, -0.25) is 9.59 Å². The summed E-state index contributed by atoms with van der Waals surface area (Å²) in [5.74, 6) is -3.30. The Morgan fingerprint density at radius 2 is 1.80 bits per heavy atom. The van der Waals surface area contributed by atoms with Gasteiger partial charge in [-0.2, -0.15) is 0 Å². The van der Waals surface area contributed by atoms with E-state index in [4.69, 9.17) is 24.4 Å². The van der Waals surface area contributed by atoms with E-state index >= 15 is 0 Å². The topological polar surface area (TPSA) is 102 Å². The average Bonchev–Trinajstić information content (AvgIpc) is 2.41. The summed E-state index contributed by atoms with van der Waals surface area (Å²) < 4.78 is 15.0. The molecule has 0 spiro atoms. The third-order valence-electron chi connectivity index (χ3n) is 2.91. The van der Waals surface area contributed by atoms with Crippen molar-refractivity contribution in [1.82, 2.24) is 0 Å². The van der Waals surface area contributed by atoms with Crippen LogP contribution in [0.4, 0.5) is 0 Å². The zero-order valence-corrected chi connectivity index (χ0v) is 12.2. The highest BCUT2D eigenvalue weighted by molar-refractivity contribution is 5.80. The lowest BCUT2D eigenvalue weighted by Gasteiger charge is -2.23. The molecule has 0 fully saturated rings. The number of rotatable bonds is 11. The highest BCUT2D eigenvalue weighted by Crippen LogP contribution is 2.21. The van der Waals surface area contributed by atoms with Gasteiger partial charge < -0.3 is 24.4 Å². The van der Waals surface area contributed by atoms with Crippen LogP contribution in [0.1, 0.15) is 20.3 Å². The van der Waals surface area contributed by atoms with Gasteiger partial charge in [-0.15, -0.1) is 0 Å². The van der Waals surface area contributed by atoms with Gasteiger partial charge in [0.05, 0.1) is 37.8 Å². The molecule has 0 aromatic carbocycles. The number of hydrogen-bond donors (Lipinski definition) is 2. The molecule has 0 saturated heterocycles. The van der Waals surface area contributed by atoms with E-state index < -0.39 is 23.8 Å². The molecular weight excluding hydrogens is 268 g/mol. The van der Waals surface area contributed by atoms with Crippen LogP contribution in [-0.4, -0.2) is 61.8 Å². The van der Waals surface area contributed by atoms with E-state index in [1.807, 2.05) is 0 Å². The minimum Gasteiger partial charge on any atom is -0.481 e. The lowest BCUT2D eigenvalue weighted by atomic mass is 9.89. The Kier molecular flexibility index (Phi) is 9.96. The Balaban J connectivity index is 4.55. The number of carboxylic acids is 1. The lowest BCUT2D eigenvalue weighted by Crippen LogP contribution is -2.33. The highest BCUT2D eigenvalue weighted by atomic mass is 16.6. The fourth-order valence-electron chi connectivity index (χ4n) is 1.69. The van der Waals surface area contributed by atoms with Crippen molar-refractivity contribution in [2.45, 2.75) is 26.4 Å². The first-order valence-electron chi connectivity index (χ1n) is 6.54. The van der Waals surface area contributed by atoms with Crippen LogP contribution in [0, 0.1) is 11.8 Å². The molecule has 0 saturated carbocycles. The highest BCUT2D eigenvalue weighted by Gasteiger charge is 2.32. The van der Waals surface area contributed by atoms with E-state index in [0.29, 0.717) is 0 Å². The fraction of sp³-hybridized carbons (Fsp3) is 0.846. The number of carbonyl (C=O) groups is 2. The van der Waals surface area contributed by atoms with Crippen LogP contribution in [0.2, 0.25) is 0 Å². The second kappa shape index (κ2) is 10.6. The Morgan fingerprint density at radius 1 is 1.15 bits per heavy atom. The molecule has 7 heteroatoms. The number of aliphatic hydroxyl groups is 1. The van der Waals surface area contributed by atoms with Crippen molar-refractivity contribution in [2.24, 2.45) is 11.8 Å². The average molecular weight is 292 g/mol. The number of esters is 1. The monoisotopic (exact) mass is 292 g/mol. The van der Waals surface area contributed by atoms with Crippen molar-refractivity contribution in [3.05, 3.63) is 0 Å². The molecule has 7 nitrogen and oxygen atoms in total. The smallest absolute Gasteiger partial charge is 0.309 e. The number of methoxy groups -OCH3 is 1. The van der Waals surface area contributed by atoms with Gasteiger partial charge in [0.1, 0.15) is 6.61 Å². The van der Waals surface area contributed by atoms with E-state index in [0.717, 1.165) is 0 Å². The van der Waals surface area contributed by atoms with Crippen LogP contribution in [0.5, 0.6) is 0 Å². The van der Waals surface area contributed by atoms with E-state index in [9.17, 15) is 9.59 Å². The Labute approximate surface area is 118 Å². The van der Waals surface area contributed by atoms with Crippen molar-refractivity contribution < 1.29 is 34.0 Å². The molecule has 0 aromatic rings. The molecule has 0 aliphatic rings. The summed E-state index contributed by atoms with van der Waals surface area (Å²) in [6, 6.07) is 0. The van der Waals surface area contributed by atoms with Crippen LogP contribution in [-0.2, 0) is 23.8 Å². The molecule has 0 heterocycles. The summed E-state index contributed by atoms with van der Waals surface area (Å²) in [6.45, 7) is 3.55. The summed E-state index contributed by atoms with van der Waals surface area (Å²) in [5.41, 5.74) is 0. The summed E-state index contributed by atoms with van der Waals surface area (Å²) in [6.07, 6.45) is -0.122. The lowest BCUT2D eigenvalue weighted by molar-refractivity contribution is -0.159. The molecular formula is C13H24O7. The van der Waals surface area contributed by atoms with Crippen LogP contribution < -0.4 is 0 Å². The molecule has 20 heavy (non-hydrogen) atoms. The standard InChI is InChI=1S/C13H24O7/c1-9(19-5-4-14)8-11(10(2)12(15)16)13(17)20-7-6-18-3/h9-11,14H,4-8H2,1-3H3,(H,15,16). The molecule has 0 bridgehead atoms. The molecule has 0 amide bonds. The summed E-state index contributed by atoms with van der Waals surface area (Å²) >= 11 is 0. The predicted molar refractivity (Wildman–Crippen MR) is 70.2 cm³/mol. The Morgan fingerprint density at radius 3 is 2.30 bits per heavy atom. The number of carboxylic acid groups (broad SMARTS) is 1. The van der Waals surface area contributed by atoms with Gasteiger partial charge in [-0.1, -0.05) is 6.92 Å². The van der Waals surface area contributed by atoms with Crippen LogP contribution in [0.15, 0.2) is 0 Å². The van der Waals surface area contributed by atoms with E-state index in [-0.39, 0.29) is 39.0 Å². The van der Waals surface area contributed by atoms with Gasteiger partial charge >= 0.3 is 11.9 Å². The fourth-order valence-corrected chi connectivity index (χ4v) is 1.69. The number of aliphatic carboxylic acids is 1. The summed E-state index contributed by atoms with van der Waals surface area (Å²) in [7, 11) is 1.48. The third kappa shape index (κ3) is 7.42. The maximum Gasteiger partial charge on any atom is 0.309 e. The second-order valence-corrected chi connectivity index (χ2v) is 4.53. The molecule has 3 unspecified atom stereocenters. The SMILES string of the molecule is COCCOC(=O)C(CC(C)OCCO)C(C)C(=O)O. The van der Waals surface area contributed by atoms with Gasteiger partial charge in [0.15, 0.2) is 0 Å². The molecule has 3 atom stereocenters. The van der Waals surface area contributed by atoms with Gasteiger partial charge in [-0.25, -0.2) is 0 Å². The molecule has 0 rings (SSSR count). The zero-order valence-electron chi connectivity index (χ0n) is 12.2. The second-order valence-electron chi connectivity index (χ2n) is 4.53. The van der Waals surface area contributed by atoms with Gasteiger partial charge in [0.25, 0.3) is 0 Å². The van der Waals surface area contributed by atoms with Crippen molar-refractivity contribution in [3.63, 3.8) is 0 Å². The van der Waals surface area contributed by atoms with Crippen molar-refractivity contribution in [3.8, 4) is 0 Å². The maximum atomic E-state index is 11.9. The van der Waals surface area contributed by atoms with Gasteiger partial charge in [-0.05, 0) is 13.3 Å². The first-order chi connectivity index (χ1) is 9.43. The summed E-state index contributed by atoms with van der Waals surface area (Å²) in [4.78, 5) is 23.0. The zero-order chi connectivity index (χ0) is 15.5. The predicted octanol–water partition coefficient (Wildman–Crippen LogP) is 0.300. The maximum absolute atomic E-state index is 11.9. The van der Waals surface area contributed by atoms with Crippen LogP contribution in [0.25, 0.3) is 0 Å². The van der Waals surface area contributed by atoms with Crippen LogP contribution >= 0.6 is 0 Å². The third-order valence-corrected chi connectivity index (χ3v) is 2.91. The number of ether oxygens (including phenoxy) is 3. The molecule has 2 N–H and O–H groups in total. The van der Waals surface area contributed by atoms with E-state index in [1.54, 1.807) is 6.92 Å². The molecule has 0 aromatic heterocycles. The largest absolute Gasteiger partial charge is 0.481 e. The first-order valence-corrected chi connectivity index (χ1v) is 6.54. The number of aliphatic hydroxyl groups excluding tert-OH is 1. The van der Waals surface area contributed by atoms with Crippen molar-refractivity contribution >= 4 is 11.9 Å². The Hall–Kier alpha value is -1.18. The number of carbonyl (C=O) groups excluding carboxylic acids is 1. The first kappa shape index (κ1) is 18.8. The summed E-state index contributed by atoms with van der Waals surface area (Å²) in [5, 5.41) is 17.7. The van der Waals surface area contributed by atoms with Crippen molar-refractivity contribution in [2.75, 3.05) is 33.5 Å². The van der Waals surface area contributed by atoms with Gasteiger partial charge in [0.2, 0.25) is 0 Å². The molecule has 0 aliphatic carbocycles. The number of hydrogen-bond acceptors (Lipinski definition) is 6. The van der Waals surface area contributed by atoms with Gasteiger partial charge in [0, 0.05) is 7.11 Å². The molecule has 0 aliphatic heterocycles. The van der Waals surface area contributed by atoms with E-state index in [1.165, 1.54) is 14.0 Å². The minimum atomic E-state index is -1.06. The molecule has 118 valence electrons. The van der Waals surface area contributed by atoms with E-state index in [2.05, 4.69) is 0 Å².